The van der Waals surface area contributed by atoms with Gasteiger partial charge in [0.15, 0.2) is 0 Å². The monoisotopic (exact) mass is 1020 g/mol. The largest absolute Gasteiger partial charge is 0.483 e. The molecule has 0 radical (unpaired) electrons. The number of benzene rings is 5. The zero-order valence-electron chi connectivity index (χ0n) is 44.3. The number of carbonyl (C=O) groups excluding carboxylic acids is 3. The van der Waals surface area contributed by atoms with Gasteiger partial charge in [0.25, 0.3) is 6.47 Å². The summed E-state index contributed by atoms with van der Waals surface area (Å²) in [6.07, 6.45) is 14.6. The quantitative estimate of drug-likeness (QED) is 0.0385. The van der Waals surface area contributed by atoms with Crippen LogP contribution in [0.3, 0.4) is 0 Å². The molecule has 1 amide bonds. The lowest BCUT2D eigenvalue weighted by Crippen LogP contribution is -2.44. The zero-order chi connectivity index (χ0) is 54.2. The van der Waals surface area contributed by atoms with Gasteiger partial charge in [0.05, 0.1) is 23.1 Å². The van der Waals surface area contributed by atoms with Crippen LogP contribution in [0, 0.1) is 0 Å². The van der Waals surface area contributed by atoms with Gasteiger partial charge in [-0.2, -0.15) is 0 Å². The normalized spacial score (nSPS) is 17.9. The number of fused-ring (bicyclic) bond motifs is 2. The molecule has 398 valence electrons. The molecule has 2 aliphatic heterocycles. The molecule has 4 unspecified atom stereocenters. The molecule has 5 aromatic carbocycles. The van der Waals surface area contributed by atoms with Gasteiger partial charge in [-0.05, 0) is 160 Å². The summed E-state index contributed by atoms with van der Waals surface area (Å²) in [4.78, 5) is 53.8. The molecule has 0 bridgehead atoms. The van der Waals surface area contributed by atoms with E-state index in [2.05, 4.69) is 116 Å². The predicted molar refractivity (Wildman–Crippen MR) is 306 cm³/mol. The van der Waals surface area contributed by atoms with E-state index in [4.69, 9.17) is 19.8 Å². The lowest BCUT2D eigenvalue weighted by atomic mass is 9.76. The molecule has 2 saturated heterocycles. The lowest BCUT2D eigenvalue weighted by Gasteiger charge is -2.29. The number of carbonyl (C=O) groups is 4. The van der Waals surface area contributed by atoms with Crippen LogP contribution in [0.2, 0.25) is 0 Å². The number of anilines is 1. The van der Waals surface area contributed by atoms with Gasteiger partial charge in [-0.3, -0.25) is 19.6 Å². The molecule has 1 spiro atoms. The molecule has 0 aromatic heterocycles. The second-order valence-corrected chi connectivity index (χ2v) is 19.1. The van der Waals surface area contributed by atoms with Crippen molar-refractivity contribution in [2.45, 2.75) is 93.8 Å². The minimum atomic E-state index is -0.360. The maximum atomic E-state index is 13.9. The van der Waals surface area contributed by atoms with Crippen molar-refractivity contribution in [3.63, 3.8) is 0 Å². The van der Waals surface area contributed by atoms with Crippen LogP contribution >= 0.6 is 0 Å². The summed E-state index contributed by atoms with van der Waals surface area (Å²) in [6, 6.07) is 40.1. The molecule has 14 heteroatoms. The van der Waals surface area contributed by atoms with Crippen molar-refractivity contribution in [3.8, 4) is 22.3 Å². The standard InChI is InChI=1S/C49H59N7O.C9H11NO.CH2O2.CH4O.CH2O/c1-50-33-45(54-31-38-14-10-28-55(38)4)35-18-16-34(17-19-35)41-22-21-40(42-24-27-49(46(41)42)25-8-9-26-49)37-20-23-43(51-2)44(30-37)53-32-39-15-11-29-56(39)48(57)47(52-3)36-12-6-5-7-13-36;1-10-9(7-11)8-5-3-2-4-6-8;2-1-3;2*1-2/h5-7,12-13,16-23,30,33,38-39,47,52-54H,1-2,8-11,14-15,24-29,31-32H2,3-4H3;2-7,9-10H,1H3;1H,(H,2,3);2H,1H3;1H2/b45-33-;;;;. The van der Waals surface area contributed by atoms with E-state index >= 15 is 0 Å². The Morgan fingerprint density at radius 3 is 1.96 bits per heavy atom. The molecular formula is C61H78N8O6. The molecule has 9 rings (SSSR count). The van der Waals surface area contributed by atoms with E-state index in [1.165, 1.54) is 72.8 Å². The van der Waals surface area contributed by atoms with Gasteiger partial charge in [0, 0.05) is 45.0 Å². The van der Waals surface area contributed by atoms with Crippen LogP contribution in [0.25, 0.3) is 28.0 Å². The molecule has 5 aromatic rings. The van der Waals surface area contributed by atoms with Gasteiger partial charge in [-0.1, -0.05) is 116 Å². The second kappa shape index (κ2) is 30.3. The summed E-state index contributed by atoms with van der Waals surface area (Å²) >= 11 is 0. The number of likely N-dealkylation sites (N-methyl/N-ethyl adjacent to an activating group) is 3. The Labute approximate surface area is 444 Å². The maximum Gasteiger partial charge on any atom is 0.290 e. The Balaban J connectivity index is 0.000000498. The minimum Gasteiger partial charge on any atom is -0.483 e. The number of carboxylic acid groups (broad SMARTS) is 1. The Hall–Kier alpha value is -7.10. The van der Waals surface area contributed by atoms with E-state index in [0.29, 0.717) is 12.6 Å². The van der Waals surface area contributed by atoms with E-state index < -0.39 is 0 Å². The highest BCUT2D eigenvalue weighted by molar-refractivity contribution is 5.85. The first-order chi connectivity index (χ1) is 36.7. The van der Waals surface area contributed by atoms with Crippen molar-refractivity contribution < 1.29 is 29.4 Å². The number of aliphatic hydroxyl groups is 1. The Morgan fingerprint density at radius 1 is 0.760 bits per heavy atom. The molecule has 2 aliphatic carbocycles. The number of nitrogens with zero attached hydrogens (tertiary/aromatic N) is 4. The molecule has 1 saturated carbocycles. The fourth-order valence-electron chi connectivity index (χ4n) is 11.4. The van der Waals surface area contributed by atoms with E-state index in [1.807, 2.05) is 80.7 Å². The second-order valence-electron chi connectivity index (χ2n) is 19.1. The number of rotatable bonds is 17. The van der Waals surface area contributed by atoms with Crippen LogP contribution in [-0.4, -0.2) is 125 Å². The number of aliphatic imine (C=N–C) groups is 2. The SMILES string of the molecule is C=N/C=C(\NCC1CCCN1C)c1ccc(-c2ccc(-c3ccc(N=C)c(NCC4CCCN4C(=O)C(NC)c4ccccc4)c3)c3c2C2(CCCC2)CC3)cc1.C=O.CNC(C=O)c1ccccc1.CO.O=CO. The van der Waals surface area contributed by atoms with Crippen molar-refractivity contribution in [2.75, 3.05) is 59.7 Å². The molecule has 6 N–H and O–H groups in total. The minimum absolute atomic E-state index is 0.0971. The van der Waals surface area contributed by atoms with Gasteiger partial charge in [-0.15, -0.1) is 0 Å². The first-order valence-corrected chi connectivity index (χ1v) is 26.0. The number of nitrogens with one attached hydrogen (secondary N) is 4. The highest BCUT2D eigenvalue weighted by atomic mass is 16.3. The smallest absolute Gasteiger partial charge is 0.290 e. The van der Waals surface area contributed by atoms with Crippen LogP contribution < -0.4 is 21.3 Å². The highest BCUT2D eigenvalue weighted by Gasteiger charge is 2.43. The fourth-order valence-corrected chi connectivity index (χ4v) is 11.4. The predicted octanol–water partition coefficient (Wildman–Crippen LogP) is 9.43. The number of hydrogen-bond acceptors (Lipinski definition) is 12. The highest BCUT2D eigenvalue weighted by Crippen LogP contribution is 2.55. The first kappa shape index (κ1) is 58.8. The summed E-state index contributed by atoms with van der Waals surface area (Å²) in [7, 11) is 6.85. The Bertz CT molecular complexity index is 2620. The summed E-state index contributed by atoms with van der Waals surface area (Å²) in [5.74, 6) is 0.129. The van der Waals surface area contributed by atoms with Crippen LogP contribution in [0.4, 0.5) is 11.4 Å². The molecule has 75 heavy (non-hydrogen) atoms. The third-order valence-electron chi connectivity index (χ3n) is 15.1. The summed E-state index contributed by atoms with van der Waals surface area (Å²) < 4.78 is 0. The number of hydrogen-bond donors (Lipinski definition) is 6. The van der Waals surface area contributed by atoms with Gasteiger partial charge in [-0.25, -0.2) is 0 Å². The van der Waals surface area contributed by atoms with Crippen molar-refractivity contribution >= 4 is 56.0 Å². The summed E-state index contributed by atoms with van der Waals surface area (Å²) in [5, 5.41) is 27.5. The average Bonchev–Trinajstić information content (AvgIpc) is 4.32. The average molecular weight is 1020 g/mol. The van der Waals surface area contributed by atoms with Crippen LogP contribution in [0.1, 0.15) is 97.7 Å². The van der Waals surface area contributed by atoms with E-state index in [9.17, 15) is 9.59 Å². The third-order valence-corrected chi connectivity index (χ3v) is 15.1. The molecule has 4 atom stereocenters. The van der Waals surface area contributed by atoms with Crippen LogP contribution in [0.5, 0.6) is 0 Å². The topological polar surface area (TPSA) is 188 Å². The van der Waals surface area contributed by atoms with E-state index in [0.717, 1.165) is 86.1 Å². The lowest BCUT2D eigenvalue weighted by molar-refractivity contribution is -0.134. The summed E-state index contributed by atoms with van der Waals surface area (Å²) in [6.45, 7) is 12.9. The zero-order valence-corrected chi connectivity index (χ0v) is 44.3. The summed E-state index contributed by atoms with van der Waals surface area (Å²) in [5.41, 5.74) is 14.4. The Morgan fingerprint density at radius 2 is 1.37 bits per heavy atom. The molecular weight excluding hydrogens is 941 g/mol. The van der Waals surface area contributed by atoms with E-state index in [1.54, 1.807) is 12.6 Å². The maximum absolute atomic E-state index is 13.9. The van der Waals surface area contributed by atoms with E-state index in [-0.39, 0.29) is 35.9 Å². The van der Waals surface area contributed by atoms with Gasteiger partial charge >= 0.3 is 0 Å². The third kappa shape index (κ3) is 14.6. The molecule has 14 nitrogen and oxygen atoms in total. The van der Waals surface area contributed by atoms with Crippen molar-refractivity contribution in [1.29, 1.82) is 0 Å². The molecule has 4 aliphatic rings. The molecule has 2 heterocycles. The van der Waals surface area contributed by atoms with Gasteiger partial charge < -0.3 is 50.9 Å². The van der Waals surface area contributed by atoms with Gasteiger partial charge in [0.2, 0.25) is 5.91 Å². The van der Waals surface area contributed by atoms with Crippen LogP contribution in [-0.2, 0) is 31.0 Å². The fraction of sp³-hybridized carbons (Fsp3) is 0.377. The number of aldehydes is 1. The van der Waals surface area contributed by atoms with Crippen molar-refractivity contribution in [2.24, 2.45) is 9.98 Å². The Kier molecular flexibility index (Phi) is 23.8. The van der Waals surface area contributed by atoms with Crippen molar-refractivity contribution in [3.05, 3.63) is 149 Å². The number of aliphatic hydroxyl groups excluding tert-OH is 1. The first-order valence-electron chi connectivity index (χ1n) is 26.0. The van der Waals surface area contributed by atoms with Crippen LogP contribution in [0.15, 0.2) is 131 Å². The molecule has 3 fully saturated rings. The number of likely N-dealkylation sites (tertiary alicyclic amines) is 2. The van der Waals surface area contributed by atoms with Crippen molar-refractivity contribution in [1.82, 2.24) is 25.8 Å². The van der Waals surface area contributed by atoms with Gasteiger partial charge in [0.1, 0.15) is 19.1 Å². The number of amides is 1.